The second-order valence-electron chi connectivity index (χ2n) is 8.60. The Bertz CT molecular complexity index is 686. The summed E-state index contributed by atoms with van der Waals surface area (Å²) in [5.74, 6) is -1.00. The first-order valence-corrected chi connectivity index (χ1v) is 10.2. The number of imide groups is 1. The lowest BCUT2D eigenvalue weighted by molar-refractivity contribution is -0.133. The SMILES string of the molecule is CC(C)C[C@@H](NC(=O)OC(C)(C)C)C(=O)NC(=O)[C@H](Cc1ccccc1)NCCO. The molecule has 1 aromatic carbocycles. The van der Waals surface area contributed by atoms with Gasteiger partial charge in [-0.05, 0) is 45.1 Å². The molecule has 0 aliphatic carbocycles. The first-order valence-electron chi connectivity index (χ1n) is 10.2. The predicted octanol–water partition coefficient (Wildman–Crippen LogP) is 1.76. The summed E-state index contributed by atoms with van der Waals surface area (Å²) in [5, 5.41) is 17.0. The maximum Gasteiger partial charge on any atom is 0.408 e. The van der Waals surface area contributed by atoms with Crippen molar-refractivity contribution in [3.63, 3.8) is 0 Å². The van der Waals surface area contributed by atoms with Crippen LogP contribution in [-0.4, -0.2) is 53.9 Å². The van der Waals surface area contributed by atoms with Gasteiger partial charge in [-0.3, -0.25) is 14.9 Å². The maximum absolute atomic E-state index is 12.7. The van der Waals surface area contributed by atoms with Gasteiger partial charge in [0.05, 0.1) is 12.6 Å². The van der Waals surface area contributed by atoms with Crippen molar-refractivity contribution in [3.05, 3.63) is 35.9 Å². The minimum Gasteiger partial charge on any atom is -0.444 e. The number of ether oxygens (including phenoxy) is 1. The molecule has 8 heteroatoms. The second-order valence-corrected chi connectivity index (χ2v) is 8.60. The summed E-state index contributed by atoms with van der Waals surface area (Å²) in [5.41, 5.74) is 0.217. The number of hydrogen-bond acceptors (Lipinski definition) is 6. The Labute approximate surface area is 178 Å². The van der Waals surface area contributed by atoms with Crippen LogP contribution in [0.4, 0.5) is 4.79 Å². The molecule has 0 bridgehead atoms. The van der Waals surface area contributed by atoms with E-state index in [-0.39, 0.29) is 19.1 Å². The Morgan fingerprint density at radius 2 is 1.63 bits per heavy atom. The first-order chi connectivity index (χ1) is 14.0. The van der Waals surface area contributed by atoms with Crippen molar-refractivity contribution in [2.24, 2.45) is 5.92 Å². The van der Waals surface area contributed by atoms with Gasteiger partial charge in [-0.15, -0.1) is 0 Å². The molecule has 1 aromatic rings. The monoisotopic (exact) mass is 421 g/mol. The van der Waals surface area contributed by atoms with Crippen molar-refractivity contribution >= 4 is 17.9 Å². The Morgan fingerprint density at radius 1 is 1.03 bits per heavy atom. The minimum absolute atomic E-state index is 0.110. The van der Waals surface area contributed by atoms with E-state index in [1.807, 2.05) is 44.2 Å². The number of nitrogens with one attached hydrogen (secondary N) is 3. The molecule has 0 saturated heterocycles. The number of aliphatic hydroxyl groups excluding tert-OH is 1. The van der Waals surface area contributed by atoms with E-state index in [9.17, 15) is 14.4 Å². The van der Waals surface area contributed by atoms with Crippen LogP contribution < -0.4 is 16.0 Å². The number of carbonyl (C=O) groups is 3. The second kappa shape index (κ2) is 12.3. The Morgan fingerprint density at radius 3 is 2.17 bits per heavy atom. The van der Waals surface area contributed by atoms with Crippen LogP contribution in [0, 0.1) is 5.92 Å². The fourth-order valence-corrected chi connectivity index (χ4v) is 2.79. The lowest BCUT2D eigenvalue weighted by Gasteiger charge is -2.25. The molecule has 0 aromatic heterocycles. The van der Waals surface area contributed by atoms with Crippen LogP contribution in [0.1, 0.15) is 46.6 Å². The van der Waals surface area contributed by atoms with Gasteiger partial charge in [0.1, 0.15) is 11.6 Å². The molecule has 168 valence electrons. The Balaban J connectivity index is 2.83. The van der Waals surface area contributed by atoms with E-state index >= 15 is 0 Å². The van der Waals surface area contributed by atoms with E-state index in [2.05, 4.69) is 16.0 Å². The lowest BCUT2D eigenvalue weighted by atomic mass is 10.0. The zero-order chi connectivity index (χ0) is 22.7. The topological polar surface area (TPSA) is 117 Å². The molecule has 30 heavy (non-hydrogen) atoms. The summed E-state index contributed by atoms with van der Waals surface area (Å²) in [6, 6.07) is 7.77. The van der Waals surface area contributed by atoms with Crippen LogP contribution in [0.3, 0.4) is 0 Å². The van der Waals surface area contributed by atoms with E-state index in [0.29, 0.717) is 12.8 Å². The number of aliphatic hydroxyl groups is 1. The first kappa shape index (κ1) is 25.6. The van der Waals surface area contributed by atoms with E-state index < -0.39 is 35.6 Å². The van der Waals surface area contributed by atoms with Crippen molar-refractivity contribution in [2.75, 3.05) is 13.2 Å². The smallest absolute Gasteiger partial charge is 0.408 e. The normalized spacial score (nSPS) is 13.4. The van der Waals surface area contributed by atoms with Gasteiger partial charge in [-0.25, -0.2) is 4.79 Å². The van der Waals surface area contributed by atoms with Crippen LogP contribution >= 0.6 is 0 Å². The molecule has 0 aliphatic rings. The largest absolute Gasteiger partial charge is 0.444 e. The molecular formula is C22H35N3O5. The molecule has 2 atom stereocenters. The Hall–Kier alpha value is -2.45. The fraction of sp³-hybridized carbons (Fsp3) is 0.591. The van der Waals surface area contributed by atoms with Gasteiger partial charge in [0.25, 0.3) is 0 Å². The summed E-state index contributed by atoms with van der Waals surface area (Å²) in [6.07, 6.45) is -0.00457. The molecule has 0 aliphatic heterocycles. The van der Waals surface area contributed by atoms with Crippen molar-refractivity contribution in [1.82, 2.24) is 16.0 Å². The van der Waals surface area contributed by atoms with Gasteiger partial charge < -0.3 is 20.5 Å². The molecule has 0 radical (unpaired) electrons. The summed E-state index contributed by atoms with van der Waals surface area (Å²) in [7, 11) is 0. The average Bonchev–Trinajstić information content (AvgIpc) is 2.63. The van der Waals surface area contributed by atoms with Crippen LogP contribution in [0.2, 0.25) is 0 Å². The highest BCUT2D eigenvalue weighted by molar-refractivity contribution is 6.01. The van der Waals surface area contributed by atoms with Crippen molar-refractivity contribution in [2.45, 2.75) is 65.1 Å². The van der Waals surface area contributed by atoms with Gasteiger partial charge in [-0.1, -0.05) is 44.2 Å². The average molecular weight is 422 g/mol. The summed E-state index contributed by atoms with van der Waals surface area (Å²) < 4.78 is 5.23. The maximum atomic E-state index is 12.7. The van der Waals surface area contributed by atoms with E-state index in [1.54, 1.807) is 20.8 Å². The van der Waals surface area contributed by atoms with Crippen molar-refractivity contribution in [3.8, 4) is 0 Å². The third-order valence-corrected chi connectivity index (χ3v) is 4.06. The molecule has 8 nitrogen and oxygen atoms in total. The van der Waals surface area contributed by atoms with Crippen LogP contribution in [0.5, 0.6) is 0 Å². The summed E-state index contributed by atoms with van der Waals surface area (Å²) in [6.45, 7) is 9.10. The number of amides is 3. The van der Waals surface area contributed by atoms with E-state index in [0.717, 1.165) is 5.56 Å². The van der Waals surface area contributed by atoms with Crippen LogP contribution in [-0.2, 0) is 20.7 Å². The number of alkyl carbamates (subject to hydrolysis) is 1. The molecule has 0 fully saturated rings. The number of rotatable bonds is 10. The van der Waals surface area contributed by atoms with Gasteiger partial charge in [0.2, 0.25) is 11.8 Å². The van der Waals surface area contributed by atoms with Crippen LogP contribution in [0.25, 0.3) is 0 Å². The van der Waals surface area contributed by atoms with Gasteiger partial charge >= 0.3 is 6.09 Å². The standard InChI is InChI=1S/C22H35N3O5/c1-15(2)13-18(24-21(29)30-22(3,4)5)20(28)25-19(27)17(23-11-12-26)14-16-9-7-6-8-10-16/h6-10,15,17-18,23,26H,11-14H2,1-5H3,(H,24,29)(H,25,27,28)/t17-,18+/m0/s1. The highest BCUT2D eigenvalue weighted by atomic mass is 16.6. The summed E-state index contributed by atoms with van der Waals surface area (Å²) >= 11 is 0. The zero-order valence-corrected chi connectivity index (χ0v) is 18.5. The molecular weight excluding hydrogens is 386 g/mol. The molecule has 0 spiro atoms. The number of benzene rings is 1. The lowest BCUT2D eigenvalue weighted by Crippen LogP contribution is -2.54. The van der Waals surface area contributed by atoms with Crippen LogP contribution in [0.15, 0.2) is 30.3 Å². The van der Waals surface area contributed by atoms with Gasteiger partial charge in [0, 0.05) is 6.54 Å². The number of hydrogen-bond donors (Lipinski definition) is 4. The highest BCUT2D eigenvalue weighted by Crippen LogP contribution is 2.10. The van der Waals surface area contributed by atoms with Gasteiger partial charge in [-0.2, -0.15) is 0 Å². The van der Waals surface area contributed by atoms with Crippen molar-refractivity contribution in [1.29, 1.82) is 0 Å². The predicted molar refractivity (Wildman–Crippen MR) is 115 cm³/mol. The molecule has 4 N–H and O–H groups in total. The third kappa shape index (κ3) is 10.4. The zero-order valence-electron chi connectivity index (χ0n) is 18.5. The fourth-order valence-electron chi connectivity index (χ4n) is 2.79. The Kier molecular flexibility index (Phi) is 10.5. The summed E-state index contributed by atoms with van der Waals surface area (Å²) in [4.78, 5) is 37.6. The number of carbonyl (C=O) groups excluding carboxylic acids is 3. The van der Waals surface area contributed by atoms with Gasteiger partial charge in [0.15, 0.2) is 0 Å². The van der Waals surface area contributed by atoms with E-state index in [4.69, 9.17) is 9.84 Å². The highest BCUT2D eigenvalue weighted by Gasteiger charge is 2.28. The van der Waals surface area contributed by atoms with Crippen molar-refractivity contribution < 1.29 is 24.2 Å². The molecule has 0 heterocycles. The molecule has 3 amide bonds. The molecule has 0 unspecified atom stereocenters. The molecule has 0 saturated carbocycles. The molecule has 1 rings (SSSR count). The quantitative estimate of drug-likeness (QED) is 0.457. The van der Waals surface area contributed by atoms with E-state index in [1.165, 1.54) is 0 Å². The third-order valence-electron chi connectivity index (χ3n) is 4.06. The minimum atomic E-state index is -0.904.